The van der Waals surface area contributed by atoms with Gasteiger partial charge in [-0.2, -0.15) is 0 Å². The Morgan fingerprint density at radius 2 is 2.31 bits per heavy atom. The molecule has 0 aliphatic carbocycles. The highest BCUT2D eigenvalue weighted by molar-refractivity contribution is 5.66. The Hall–Kier alpha value is -1.58. The molecule has 0 amide bonds. The van der Waals surface area contributed by atoms with Crippen molar-refractivity contribution < 1.29 is 19.0 Å². The lowest BCUT2D eigenvalue weighted by Crippen LogP contribution is -2.12. The van der Waals surface area contributed by atoms with Crippen LogP contribution in [-0.4, -0.2) is 17.2 Å². The Morgan fingerprint density at radius 3 is 2.94 bits per heavy atom. The minimum Gasteiger partial charge on any atom is -0.491 e. The quantitative estimate of drug-likeness (QED) is 0.811. The molecule has 0 heterocycles. The van der Waals surface area contributed by atoms with E-state index in [2.05, 4.69) is 0 Å². The highest BCUT2D eigenvalue weighted by Gasteiger charge is 2.06. The molecular weight excluding hydrogens is 211 g/mol. The van der Waals surface area contributed by atoms with Crippen molar-refractivity contribution in [2.45, 2.75) is 32.3 Å². The average Bonchev–Trinajstić information content (AvgIpc) is 2.16. The van der Waals surface area contributed by atoms with Gasteiger partial charge in [-0.3, -0.25) is 4.79 Å². The maximum atomic E-state index is 12.8. The molecule has 1 atom stereocenters. The summed E-state index contributed by atoms with van der Waals surface area (Å²) >= 11 is 0. The molecule has 0 saturated carbocycles. The van der Waals surface area contributed by atoms with Crippen LogP contribution in [0.5, 0.6) is 5.75 Å². The van der Waals surface area contributed by atoms with Crippen molar-refractivity contribution in [2.24, 2.45) is 0 Å². The average molecular weight is 226 g/mol. The number of carboxylic acid groups (broad SMARTS) is 1. The minimum atomic E-state index is -0.807. The summed E-state index contributed by atoms with van der Waals surface area (Å²) in [7, 11) is 0. The van der Waals surface area contributed by atoms with Crippen molar-refractivity contribution in [1.82, 2.24) is 0 Å². The van der Waals surface area contributed by atoms with E-state index >= 15 is 0 Å². The molecule has 16 heavy (non-hydrogen) atoms. The van der Waals surface area contributed by atoms with Gasteiger partial charge in [0.1, 0.15) is 11.6 Å². The number of benzene rings is 1. The monoisotopic (exact) mass is 226 g/mol. The van der Waals surface area contributed by atoms with E-state index in [1.807, 2.05) is 6.92 Å². The molecule has 0 radical (unpaired) electrons. The van der Waals surface area contributed by atoms with E-state index < -0.39 is 5.97 Å². The van der Waals surface area contributed by atoms with E-state index in [1.54, 1.807) is 12.1 Å². The maximum absolute atomic E-state index is 12.8. The SMILES string of the molecule is CC(CCCC(=O)O)Oc1cccc(F)c1. The van der Waals surface area contributed by atoms with Crippen molar-refractivity contribution in [2.75, 3.05) is 0 Å². The largest absolute Gasteiger partial charge is 0.491 e. The van der Waals surface area contributed by atoms with E-state index in [9.17, 15) is 9.18 Å². The summed E-state index contributed by atoms with van der Waals surface area (Å²) in [6.45, 7) is 1.84. The third-order valence-electron chi connectivity index (χ3n) is 2.13. The number of ether oxygens (including phenoxy) is 1. The molecule has 0 aliphatic heterocycles. The summed E-state index contributed by atoms with van der Waals surface area (Å²) in [4.78, 5) is 10.3. The summed E-state index contributed by atoms with van der Waals surface area (Å²) in [5.74, 6) is -0.670. The molecular formula is C12H15FO3. The number of hydrogen-bond acceptors (Lipinski definition) is 2. The third kappa shape index (κ3) is 4.77. The van der Waals surface area contributed by atoms with E-state index in [1.165, 1.54) is 12.1 Å². The smallest absolute Gasteiger partial charge is 0.303 e. The van der Waals surface area contributed by atoms with Crippen LogP contribution in [0.15, 0.2) is 24.3 Å². The van der Waals surface area contributed by atoms with Crippen LogP contribution in [0.4, 0.5) is 4.39 Å². The molecule has 0 saturated heterocycles. The zero-order valence-corrected chi connectivity index (χ0v) is 9.15. The zero-order chi connectivity index (χ0) is 12.0. The Morgan fingerprint density at radius 1 is 1.56 bits per heavy atom. The Bertz CT molecular complexity index is 352. The first-order chi connectivity index (χ1) is 7.58. The molecule has 0 aliphatic rings. The topological polar surface area (TPSA) is 46.5 Å². The van der Waals surface area contributed by atoms with E-state index in [4.69, 9.17) is 9.84 Å². The summed E-state index contributed by atoms with van der Waals surface area (Å²) in [6.07, 6.45) is 1.23. The van der Waals surface area contributed by atoms with Gasteiger partial charge >= 0.3 is 5.97 Å². The number of hydrogen-bond donors (Lipinski definition) is 1. The number of carboxylic acids is 1. The van der Waals surface area contributed by atoms with Gasteiger partial charge in [-0.15, -0.1) is 0 Å². The predicted octanol–water partition coefficient (Wildman–Crippen LogP) is 2.85. The van der Waals surface area contributed by atoms with E-state index in [0.717, 1.165) is 0 Å². The summed E-state index contributed by atoms with van der Waals surface area (Å²) < 4.78 is 18.3. The highest BCUT2D eigenvalue weighted by Crippen LogP contribution is 2.15. The van der Waals surface area contributed by atoms with Crippen LogP contribution in [0.1, 0.15) is 26.2 Å². The normalized spacial score (nSPS) is 12.1. The van der Waals surface area contributed by atoms with E-state index in [0.29, 0.717) is 18.6 Å². The number of rotatable bonds is 6. The van der Waals surface area contributed by atoms with Crippen LogP contribution >= 0.6 is 0 Å². The lowest BCUT2D eigenvalue weighted by Gasteiger charge is -2.13. The summed E-state index contributed by atoms with van der Waals surface area (Å²) in [6, 6.07) is 5.92. The van der Waals surface area contributed by atoms with Gasteiger partial charge in [-0.25, -0.2) is 4.39 Å². The van der Waals surface area contributed by atoms with Gasteiger partial charge in [-0.1, -0.05) is 6.07 Å². The van der Waals surface area contributed by atoms with Crippen LogP contribution in [0, 0.1) is 5.82 Å². The second-order valence-electron chi connectivity index (χ2n) is 3.67. The van der Waals surface area contributed by atoms with Gasteiger partial charge in [0.25, 0.3) is 0 Å². The molecule has 1 rings (SSSR count). The molecule has 0 fully saturated rings. The highest BCUT2D eigenvalue weighted by atomic mass is 19.1. The van der Waals surface area contributed by atoms with Crippen LogP contribution in [-0.2, 0) is 4.79 Å². The van der Waals surface area contributed by atoms with Gasteiger partial charge < -0.3 is 9.84 Å². The summed E-state index contributed by atoms with van der Waals surface area (Å²) in [5, 5.41) is 8.46. The molecule has 0 aromatic heterocycles. The molecule has 1 N–H and O–H groups in total. The first-order valence-electron chi connectivity index (χ1n) is 5.22. The molecule has 1 aromatic rings. The first-order valence-corrected chi connectivity index (χ1v) is 5.22. The fourth-order valence-corrected chi connectivity index (χ4v) is 1.37. The van der Waals surface area contributed by atoms with Gasteiger partial charge in [0.2, 0.25) is 0 Å². The van der Waals surface area contributed by atoms with Crippen molar-refractivity contribution in [3.8, 4) is 5.75 Å². The minimum absolute atomic E-state index is 0.110. The number of halogens is 1. The van der Waals surface area contributed by atoms with Crippen LogP contribution < -0.4 is 4.74 Å². The molecule has 0 bridgehead atoms. The lowest BCUT2D eigenvalue weighted by atomic mass is 10.2. The van der Waals surface area contributed by atoms with Gasteiger partial charge in [0.15, 0.2) is 0 Å². The number of carbonyl (C=O) groups is 1. The second kappa shape index (κ2) is 6.10. The second-order valence-corrected chi connectivity index (χ2v) is 3.67. The van der Waals surface area contributed by atoms with Crippen molar-refractivity contribution in [3.63, 3.8) is 0 Å². The molecule has 3 nitrogen and oxygen atoms in total. The van der Waals surface area contributed by atoms with Crippen LogP contribution in [0.3, 0.4) is 0 Å². The lowest BCUT2D eigenvalue weighted by molar-refractivity contribution is -0.137. The zero-order valence-electron chi connectivity index (χ0n) is 9.15. The van der Waals surface area contributed by atoms with Gasteiger partial charge in [-0.05, 0) is 31.9 Å². The molecule has 1 aromatic carbocycles. The first kappa shape index (κ1) is 12.5. The fourth-order valence-electron chi connectivity index (χ4n) is 1.37. The molecule has 4 heteroatoms. The fraction of sp³-hybridized carbons (Fsp3) is 0.417. The summed E-state index contributed by atoms with van der Waals surface area (Å²) in [5.41, 5.74) is 0. The Balaban J connectivity index is 2.33. The van der Waals surface area contributed by atoms with Crippen LogP contribution in [0.2, 0.25) is 0 Å². The molecule has 0 spiro atoms. The predicted molar refractivity (Wildman–Crippen MR) is 58.0 cm³/mol. The molecule has 88 valence electrons. The van der Waals surface area contributed by atoms with Gasteiger partial charge in [0.05, 0.1) is 6.10 Å². The van der Waals surface area contributed by atoms with Crippen molar-refractivity contribution >= 4 is 5.97 Å². The standard InChI is InChI=1S/C12H15FO3/c1-9(4-2-7-12(14)15)16-11-6-3-5-10(13)8-11/h3,5-6,8-9H,2,4,7H2,1H3,(H,14,15). The van der Waals surface area contributed by atoms with Crippen molar-refractivity contribution in [3.05, 3.63) is 30.1 Å². The third-order valence-corrected chi connectivity index (χ3v) is 2.13. The Kier molecular flexibility index (Phi) is 4.76. The van der Waals surface area contributed by atoms with Gasteiger partial charge in [0, 0.05) is 12.5 Å². The van der Waals surface area contributed by atoms with E-state index in [-0.39, 0.29) is 18.3 Å². The Labute approximate surface area is 93.9 Å². The number of aliphatic carboxylic acids is 1. The maximum Gasteiger partial charge on any atom is 0.303 e. The van der Waals surface area contributed by atoms with Crippen LogP contribution in [0.25, 0.3) is 0 Å². The molecule has 1 unspecified atom stereocenters. The van der Waals surface area contributed by atoms with Crippen molar-refractivity contribution in [1.29, 1.82) is 0 Å².